The van der Waals surface area contributed by atoms with E-state index in [1.807, 2.05) is 34.6 Å². The Morgan fingerprint density at radius 1 is 1.14 bits per heavy atom. The highest BCUT2D eigenvalue weighted by Crippen LogP contribution is 2.16. The minimum atomic E-state index is -2.88. The predicted octanol–water partition coefficient (Wildman–Crippen LogP) is 2.34. The Labute approximate surface area is 89.6 Å². The molecule has 14 heavy (non-hydrogen) atoms. The van der Waals surface area contributed by atoms with E-state index in [-0.39, 0.29) is 0 Å². The zero-order chi connectivity index (χ0) is 11.8. The van der Waals surface area contributed by atoms with Gasteiger partial charge in [-0.1, -0.05) is 34.6 Å². The summed E-state index contributed by atoms with van der Waals surface area (Å²) in [5, 5.41) is 0. The number of hydrogen-bond acceptors (Lipinski definition) is 2. The Morgan fingerprint density at radius 2 is 1.57 bits per heavy atom. The molecule has 3 nitrogen and oxygen atoms in total. The van der Waals surface area contributed by atoms with Gasteiger partial charge in [-0.15, -0.1) is 0 Å². The fourth-order valence-electron chi connectivity index (χ4n) is 1.11. The van der Waals surface area contributed by atoms with Crippen molar-refractivity contribution >= 4 is 10.0 Å². The van der Waals surface area contributed by atoms with Crippen molar-refractivity contribution < 1.29 is 8.42 Å². The van der Waals surface area contributed by atoms with E-state index in [1.165, 1.54) is 4.31 Å². The van der Waals surface area contributed by atoms with Gasteiger partial charge in [0.05, 0.1) is 5.75 Å². The minimum absolute atomic E-state index is 0.323. The van der Waals surface area contributed by atoms with Gasteiger partial charge in [-0.3, -0.25) is 0 Å². The van der Waals surface area contributed by atoms with Crippen LogP contribution in [-0.4, -0.2) is 32.1 Å². The molecule has 0 aromatic rings. The lowest BCUT2D eigenvalue weighted by atomic mass is 10.1. The van der Waals surface area contributed by atoms with Crippen LogP contribution in [0, 0.1) is 5.92 Å². The SMILES string of the molecule is CC.CC.CC1CCN(C)S(=O)(=O)C1. The minimum Gasteiger partial charge on any atom is -0.212 e. The molecule has 0 N–H and O–H groups in total. The summed E-state index contributed by atoms with van der Waals surface area (Å²) in [5.74, 6) is 0.657. The van der Waals surface area contributed by atoms with Gasteiger partial charge in [-0.2, -0.15) is 0 Å². The third-order valence-corrected chi connectivity index (χ3v) is 4.03. The van der Waals surface area contributed by atoms with Gasteiger partial charge in [-0.25, -0.2) is 12.7 Å². The molecule has 1 fully saturated rings. The number of rotatable bonds is 0. The molecule has 1 saturated heterocycles. The summed E-state index contributed by atoms with van der Waals surface area (Å²) in [4.78, 5) is 0. The maximum absolute atomic E-state index is 11.1. The van der Waals surface area contributed by atoms with Gasteiger partial charge < -0.3 is 0 Å². The lowest BCUT2D eigenvalue weighted by molar-refractivity contribution is 0.390. The lowest BCUT2D eigenvalue weighted by Gasteiger charge is -2.26. The van der Waals surface area contributed by atoms with E-state index in [2.05, 4.69) is 0 Å². The molecule has 1 aliphatic rings. The van der Waals surface area contributed by atoms with Crippen LogP contribution in [-0.2, 0) is 10.0 Å². The first-order valence-corrected chi connectivity index (χ1v) is 7.07. The van der Waals surface area contributed by atoms with E-state index in [0.29, 0.717) is 18.2 Å². The van der Waals surface area contributed by atoms with E-state index < -0.39 is 10.0 Å². The van der Waals surface area contributed by atoms with Crippen LogP contribution in [0.1, 0.15) is 41.0 Å². The maximum Gasteiger partial charge on any atom is 0.214 e. The van der Waals surface area contributed by atoms with Crippen LogP contribution < -0.4 is 0 Å². The van der Waals surface area contributed by atoms with Gasteiger partial charge in [0.2, 0.25) is 10.0 Å². The summed E-state index contributed by atoms with van der Waals surface area (Å²) >= 11 is 0. The molecule has 0 radical (unpaired) electrons. The van der Waals surface area contributed by atoms with Crippen LogP contribution in [0.15, 0.2) is 0 Å². The molecule has 1 atom stereocenters. The van der Waals surface area contributed by atoms with Crippen molar-refractivity contribution in [1.82, 2.24) is 4.31 Å². The third-order valence-electron chi connectivity index (χ3n) is 1.91. The quantitative estimate of drug-likeness (QED) is 0.632. The van der Waals surface area contributed by atoms with Crippen LogP contribution in [0.4, 0.5) is 0 Å². The first-order valence-electron chi connectivity index (χ1n) is 5.46. The number of nitrogens with zero attached hydrogens (tertiary/aromatic N) is 1. The predicted molar refractivity (Wildman–Crippen MR) is 62.9 cm³/mol. The summed E-state index contributed by atoms with van der Waals surface area (Å²) in [5.41, 5.74) is 0. The molecule has 1 rings (SSSR count). The average molecular weight is 223 g/mol. The standard InChI is InChI=1S/C6H13NO2S.2C2H6/c1-6-3-4-7(2)10(8,9)5-6;2*1-2/h6H,3-5H2,1-2H3;2*1-2H3. The molecule has 88 valence electrons. The van der Waals surface area contributed by atoms with E-state index in [1.54, 1.807) is 7.05 Å². The van der Waals surface area contributed by atoms with E-state index in [4.69, 9.17) is 0 Å². The molecule has 0 saturated carbocycles. The van der Waals surface area contributed by atoms with Gasteiger partial charge in [0.1, 0.15) is 0 Å². The molecular weight excluding hydrogens is 198 g/mol. The van der Waals surface area contributed by atoms with Crippen LogP contribution in [0.2, 0.25) is 0 Å². The van der Waals surface area contributed by atoms with Gasteiger partial charge in [0.15, 0.2) is 0 Å². The monoisotopic (exact) mass is 223 g/mol. The molecule has 0 aliphatic carbocycles. The third kappa shape index (κ3) is 5.60. The molecule has 0 spiro atoms. The number of hydrogen-bond donors (Lipinski definition) is 0. The Balaban J connectivity index is 0. The second-order valence-corrected chi connectivity index (χ2v) is 5.11. The lowest BCUT2D eigenvalue weighted by Crippen LogP contribution is -2.38. The van der Waals surface area contributed by atoms with Crippen LogP contribution in [0.5, 0.6) is 0 Å². The molecule has 0 amide bonds. The van der Waals surface area contributed by atoms with Crippen molar-refractivity contribution in [2.45, 2.75) is 41.0 Å². The van der Waals surface area contributed by atoms with Crippen LogP contribution in [0.3, 0.4) is 0 Å². The van der Waals surface area contributed by atoms with Crippen LogP contribution >= 0.6 is 0 Å². The van der Waals surface area contributed by atoms with Gasteiger partial charge in [0.25, 0.3) is 0 Å². The summed E-state index contributed by atoms with van der Waals surface area (Å²) in [6.07, 6.45) is 0.996. The summed E-state index contributed by atoms with van der Waals surface area (Å²) < 4.78 is 23.7. The average Bonchev–Trinajstić information content (AvgIpc) is 2.18. The zero-order valence-electron chi connectivity index (χ0n) is 10.4. The van der Waals surface area contributed by atoms with Crippen molar-refractivity contribution in [3.8, 4) is 0 Å². The molecule has 1 unspecified atom stereocenters. The Bertz CT molecular complexity index is 212. The smallest absolute Gasteiger partial charge is 0.212 e. The van der Waals surface area contributed by atoms with Crippen LogP contribution in [0.25, 0.3) is 0 Å². The van der Waals surface area contributed by atoms with Gasteiger partial charge in [-0.05, 0) is 12.3 Å². The molecule has 0 bridgehead atoms. The van der Waals surface area contributed by atoms with E-state index in [0.717, 1.165) is 6.42 Å². The summed E-state index contributed by atoms with van der Waals surface area (Å²) in [6, 6.07) is 0. The molecule has 0 aromatic carbocycles. The molecule has 4 heteroatoms. The fourth-order valence-corrected chi connectivity index (χ4v) is 2.64. The second kappa shape index (κ2) is 8.24. The fraction of sp³-hybridized carbons (Fsp3) is 1.00. The van der Waals surface area contributed by atoms with Crippen molar-refractivity contribution in [2.75, 3.05) is 19.3 Å². The second-order valence-electron chi connectivity index (χ2n) is 2.99. The highest BCUT2D eigenvalue weighted by Gasteiger charge is 2.26. The highest BCUT2D eigenvalue weighted by molar-refractivity contribution is 7.89. The Morgan fingerprint density at radius 3 is 1.86 bits per heavy atom. The summed E-state index contributed by atoms with van der Waals surface area (Å²) in [6.45, 7) is 10.7. The van der Waals surface area contributed by atoms with Crippen molar-refractivity contribution in [2.24, 2.45) is 5.92 Å². The van der Waals surface area contributed by atoms with Crippen molar-refractivity contribution in [3.05, 3.63) is 0 Å². The largest absolute Gasteiger partial charge is 0.214 e. The molecule has 1 aliphatic heterocycles. The first kappa shape index (κ1) is 16.3. The Hall–Kier alpha value is -0.0900. The zero-order valence-corrected chi connectivity index (χ0v) is 11.2. The topological polar surface area (TPSA) is 37.4 Å². The molecule has 0 aromatic heterocycles. The van der Waals surface area contributed by atoms with E-state index >= 15 is 0 Å². The Kier molecular flexibility index (Phi) is 9.62. The normalized spacial score (nSPS) is 25.1. The summed E-state index contributed by atoms with van der Waals surface area (Å²) in [7, 11) is -1.24. The molecule has 1 heterocycles. The van der Waals surface area contributed by atoms with Crippen molar-refractivity contribution in [3.63, 3.8) is 0 Å². The van der Waals surface area contributed by atoms with E-state index in [9.17, 15) is 8.42 Å². The van der Waals surface area contributed by atoms with Gasteiger partial charge >= 0.3 is 0 Å². The van der Waals surface area contributed by atoms with Gasteiger partial charge in [0, 0.05) is 13.6 Å². The van der Waals surface area contributed by atoms with Crippen molar-refractivity contribution in [1.29, 1.82) is 0 Å². The molecular formula is C10H25NO2S. The highest BCUT2D eigenvalue weighted by atomic mass is 32.2. The number of sulfonamides is 1. The first-order chi connectivity index (χ1) is 6.52. The maximum atomic E-state index is 11.1.